The second-order valence-electron chi connectivity index (χ2n) is 11.2. The van der Waals surface area contributed by atoms with Crippen molar-refractivity contribution < 1.29 is 23.9 Å². The Bertz CT molecular complexity index is 1730. The van der Waals surface area contributed by atoms with Crippen LogP contribution in [0.15, 0.2) is 91.0 Å². The fourth-order valence-corrected chi connectivity index (χ4v) is 5.10. The van der Waals surface area contributed by atoms with E-state index < -0.39 is 0 Å². The van der Waals surface area contributed by atoms with Crippen LogP contribution in [-0.2, 0) is 17.8 Å². The molecule has 4 aromatic rings. The molecule has 2 aliphatic rings. The van der Waals surface area contributed by atoms with Crippen LogP contribution in [-0.4, -0.2) is 47.7 Å². The Morgan fingerprint density at radius 2 is 1.47 bits per heavy atom. The Morgan fingerprint density at radius 1 is 0.822 bits per heavy atom. The van der Waals surface area contributed by atoms with Crippen molar-refractivity contribution in [2.45, 2.75) is 31.8 Å². The minimum absolute atomic E-state index is 0.0774. The molecule has 0 radical (unpaired) electrons. The number of ether oxygens (including phenoxy) is 1. The molecule has 0 saturated heterocycles. The number of hydrogen-bond donors (Lipinski definition) is 4. The largest absolute Gasteiger partial charge is 0.482 e. The molecule has 10 nitrogen and oxygen atoms in total. The number of rotatable bonds is 10. The lowest BCUT2D eigenvalue weighted by atomic mass is 10.1. The van der Waals surface area contributed by atoms with Crippen LogP contribution in [0, 0.1) is 0 Å². The Morgan fingerprint density at radius 3 is 2.18 bits per heavy atom. The molecule has 45 heavy (non-hydrogen) atoms. The van der Waals surface area contributed by atoms with Gasteiger partial charge in [-0.3, -0.25) is 19.2 Å². The molecule has 0 aromatic heterocycles. The van der Waals surface area contributed by atoms with E-state index in [4.69, 9.17) is 10.5 Å². The van der Waals surface area contributed by atoms with Crippen molar-refractivity contribution in [1.82, 2.24) is 10.2 Å². The number of fused-ring (bicyclic) bond motifs is 1. The first-order valence-electron chi connectivity index (χ1n) is 14.8. The maximum atomic E-state index is 13.4. The van der Waals surface area contributed by atoms with E-state index in [0.29, 0.717) is 59.0 Å². The number of carbonyl (C=O) groups excluding carboxylic acids is 4. The summed E-state index contributed by atoms with van der Waals surface area (Å²) in [6.45, 7) is 0.823. The Kier molecular flexibility index (Phi) is 8.45. The molecule has 6 rings (SSSR count). The average molecular weight is 604 g/mol. The van der Waals surface area contributed by atoms with Crippen LogP contribution in [0.2, 0.25) is 0 Å². The zero-order chi connectivity index (χ0) is 31.3. The normalized spacial score (nSPS) is 13.6. The zero-order valence-electron chi connectivity index (χ0n) is 24.5. The van der Waals surface area contributed by atoms with Crippen molar-refractivity contribution in [2.24, 2.45) is 0 Å². The van der Waals surface area contributed by atoms with E-state index in [0.717, 1.165) is 24.0 Å². The van der Waals surface area contributed by atoms with E-state index in [1.807, 2.05) is 41.3 Å². The number of benzene rings is 4. The number of nitrogens with one attached hydrogen (secondary N) is 3. The van der Waals surface area contributed by atoms with Gasteiger partial charge in [0.1, 0.15) is 5.75 Å². The third kappa shape index (κ3) is 7.30. The first kappa shape index (κ1) is 29.4. The molecule has 1 saturated carbocycles. The molecule has 228 valence electrons. The average Bonchev–Trinajstić information content (AvgIpc) is 3.90. The van der Waals surface area contributed by atoms with Crippen molar-refractivity contribution in [3.8, 4) is 5.75 Å². The molecule has 0 atom stereocenters. The second-order valence-corrected chi connectivity index (χ2v) is 11.2. The van der Waals surface area contributed by atoms with Gasteiger partial charge in [0.2, 0.25) is 0 Å². The molecule has 0 bridgehead atoms. The lowest BCUT2D eigenvalue weighted by molar-refractivity contribution is -0.118. The number of nitrogens with zero attached hydrogens (tertiary/aromatic N) is 1. The van der Waals surface area contributed by atoms with Crippen molar-refractivity contribution >= 4 is 40.7 Å². The molecule has 0 spiro atoms. The molecule has 4 amide bonds. The summed E-state index contributed by atoms with van der Waals surface area (Å²) in [4.78, 5) is 52.3. The van der Waals surface area contributed by atoms with E-state index in [1.54, 1.807) is 54.6 Å². The van der Waals surface area contributed by atoms with E-state index in [9.17, 15) is 19.2 Å². The topological polar surface area (TPSA) is 143 Å². The summed E-state index contributed by atoms with van der Waals surface area (Å²) in [6, 6.07) is 26.7. The predicted molar refractivity (Wildman–Crippen MR) is 171 cm³/mol. The van der Waals surface area contributed by atoms with Gasteiger partial charge in [0.15, 0.2) is 6.61 Å². The van der Waals surface area contributed by atoms with Crippen LogP contribution in [0.5, 0.6) is 5.75 Å². The molecule has 1 heterocycles. The van der Waals surface area contributed by atoms with E-state index >= 15 is 0 Å². The standard InChI is InChI=1S/C35H33N5O5/c36-27-10-3-22(4-11-27)17-18-37-33(42)24-7-12-28(13-8-24)38-34(43)25-5-1-23(2-6-25)20-40(29-14-15-29)35(44)26-9-16-30-31(19-26)45-21-32(41)39-30/h1-13,16,19,29H,14-15,17-18,20-21,36H2,(H,37,42)(H,38,43)(H,39,41). The van der Waals surface area contributed by atoms with Gasteiger partial charge in [0.05, 0.1) is 5.69 Å². The van der Waals surface area contributed by atoms with Gasteiger partial charge < -0.3 is 31.3 Å². The maximum Gasteiger partial charge on any atom is 0.262 e. The van der Waals surface area contributed by atoms with Crippen LogP contribution in [0.3, 0.4) is 0 Å². The van der Waals surface area contributed by atoms with Gasteiger partial charge in [-0.1, -0.05) is 24.3 Å². The summed E-state index contributed by atoms with van der Waals surface area (Å²) in [5, 5.41) is 8.51. The molecule has 1 aliphatic carbocycles. The highest BCUT2D eigenvalue weighted by Gasteiger charge is 2.33. The third-order valence-electron chi connectivity index (χ3n) is 7.76. The van der Waals surface area contributed by atoms with Crippen molar-refractivity contribution in [2.75, 3.05) is 29.5 Å². The minimum Gasteiger partial charge on any atom is -0.482 e. The highest BCUT2D eigenvalue weighted by Crippen LogP contribution is 2.33. The summed E-state index contributed by atoms with van der Waals surface area (Å²) >= 11 is 0. The molecule has 0 unspecified atom stereocenters. The predicted octanol–water partition coefficient (Wildman–Crippen LogP) is 4.63. The summed E-state index contributed by atoms with van der Waals surface area (Å²) in [7, 11) is 0. The number of hydrogen-bond acceptors (Lipinski definition) is 6. The van der Waals surface area contributed by atoms with Gasteiger partial charge in [0.25, 0.3) is 23.6 Å². The summed E-state index contributed by atoms with van der Waals surface area (Å²) in [5.74, 6) is -0.320. The van der Waals surface area contributed by atoms with Gasteiger partial charge in [-0.15, -0.1) is 0 Å². The number of anilines is 3. The fraction of sp³-hybridized carbons (Fsp3) is 0.200. The zero-order valence-corrected chi connectivity index (χ0v) is 24.5. The van der Waals surface area contributed by atoms with E-state index in [2.05, 4.69) is 16.0 Å². The van der Waals surface area contributed by atoms with E-state index in [-0.39, 0.29) is 36.3 Å². The minimum atomic E-state index is -0.279. The Balaban J connectivity index is 1.02. The lowest BCUT2D eigenvalue weighted by Crippen LogP contribution is -2.33. The molecule has 5 N–H and O–H groups in total. The molecular weight excluding hydrogens is 570 g/mol. The first-order valence-corrected chi connectivity index (χ1v) is 14.8. The molecular formula is C35H33N5O5. The highest BCUT2D eigenvalue weighted by atomic mass is 16.5. The fourth-order valence-electron chi connectivity index (χ4n) is 5.10. The SMILES string of the molecule is Nc1ccc(CCNC(=O)c2ccc(NC(=O)c3ccc(CN(C(=O)c4ccc5c(c4)OCC(=O)N5)C4CC4)cc3)cc2)cc1. The van der Waals surface area contributed by atoms with Crippen LogP contribution < -0.4 is 26.4 Å². The molecule has 10 heteroatoms. The van der Waals surface area contributed by atoms with Crippen LogP contribution in [0.4, 0.5) is 17.1 Å². The third-order valence-corrected chi connectivity index (χ3v) is 7.76. The first-order chi connectivity index (χ1) is 21.8. The van der Waals surface area contributed by atoms with Gasteiger partial charge in [-0.2, -0.15) is 0 Å². The van der Waals surface area contributed by atoms with E-state index in [1.165, 1.54) is 0 Å². The number of nitrogens with two attached hydrogens (primary N) is 1. The van der Waals surface area contributed by atoms with Crippen LogP contribution >= 0.6 is 0 Å². The van der Waals surface area contributed by atoms with Crippen LogP contribution in [0.25, 0.3) is 0 Å². The Labute approximate surface area is 260 Å². The monoisotopic (exact) mass is 603 g/mol. The highest BCUT2D eigenvalue weighted by molar-refractivity contribution is 6.04. The molecule has 1 fully saturated rings. The number of amides is 4. The quantitative estimate of drug-likeness (QED) is 0.195. The van der Waals surface area contributed by atoms with Gasteiger partial charge in [0, 0.05) is 47.2 Å². The number of nitrogen functional groups attached to an aromatic ring is 1. The van der Waals surface area contributed by atoms with Crippen LogP contribution in [0.1, 0.15) is 55.0 Å². The smallest absolute Gasteiger partial charge is 0.262 e. The summed E-state index contributed by atoms with van der Waals surface area (Å²) in [5.41, 5.74) is 11.0. The molecule has 4 aromatic carbocycles. The van der Waals surface area contributed by atoms with Crippen molar-refractivity contribution in [3.05, 3.63) is 119 Å². The number of carbonyl (C=O) groups is 4. The van der Waals surface area contributed by atoms with Gasteiger partial charge >= 0.3 is 0 Å². The maximum absolute atomic E-state index is 13.4. The summed E-state index contributed by atoms with van der Waals surface area (Å²) < 4.78 is 5.48. The van der Waals surface area contributed by atoms with Gasteiger partial charge in [-0.05, 0) is 97.1 Å². The Hall–Kier alpha value is -5.64. The van der Waals surface area contributed by atoms with Gasteiger partial charge in [-0.25, -0.2) is 0 Å². The second kappa shape index (κ2) is 12.9. The lowest BCUT2D eigenvalue weighted by Gasteiger charge is -2.24. The van der Waals surface area contributed by atoms with Crippen molar-refractivity contribution in [3.63, 3.8) is 0 Å². The molecule has 1 aliphatic heterocycles. The summed E-state index contributed by atoms with van der Waals surface area (Å²) in [6.07, 6.45) is 2.57. The van der Waals surface area contributed by atoms with Crippen molar-refractivity contribution in [1.29, 1.82) is 0 Å².